The molecule has 6 nitrogen and oxygen atoms in total. The van der Waals surface area contributed by atoms with Gasteiger partial charge in [0.1, 0.15) is 5.75 Å². The Hall–Kier alpha value is -2.08. The summed E-state index contributed by atoms with van der Waals surface area (Å²) >= 11 is 0. The highest BCUT2D eigenvalue weighted by molar-refractivity contribution is 5.94. The van der Waals surface area contributed by atoms with E-state index in [1.807, 2.05) is 16.8 Å². The number of piperidine rings is 1. The van der Waals surface area contributed by atoms with Crippen LogP contribution in [0.1, 0.15) is 23.2 Å². The molecule has 0 aromatic heterocycles. The number of hydrogen-bond acceptors (Lipinski definition) is 4. The molecule has 0 saturated carbocycles. The molecule has 2 aliphatic rings. The third-order valence-corrected chi connectivity index (χ3v) is 4.79. The summed E-state index contributed by atoms with van der Waals surface area (Å²) in [6.07, 6.45) is 1.95. The number of phenolic OH excluding ortho intramolecular Hbond substituents is 1. The molecular weight excluding hydrogens is 294 g/mol. The summed E-state index contributed by atoms with van der Waals surface area (Å²) in [5.74, 6) is 0.345. The lowest BCUT2D eigenvalue weighted by Gasteiger charge is -2.41. The van der Waals surface area contributed by atoms with E-state index < -0.39 is 0 Å². The second-order valence-corrected chi connectivity index (χ2v) is 6.29. The molecule has 124 valence electrons. The number of carbonyl (C=O) groups is 2. The molecule has 0 spiro atoms. The Labute approximate surface area is 136 Å². The third kappa shape index (κ3) is 3.32. The number of hydrogen-bond donors (Lipinski definition) is 1. The molecule has 1 atom stereocenters. The minimum Gasteiger partial charge on any atom is -0.508 e. The standard InChI is InChI=1S/C17H23N3O3/c1-18-8-2-3-15(17(18)23)19-9-11-20(12-10-19)16(22)13-4-6-14(21)7-5-13/h4-7,15,21H,2-3,8-12H2,1H3/t15-/m0/s1. The highest BCUT2D eigenvalue weighted by Gasteiger charge is 2.34. The van der Waals surface area contributed by atoms with Gasteiger partial charge in [-0.3, -0.25) is 14.5 Å². The number of piperazine rings is 1. The largest absolute Gasteiger partial charge is 0.508 e. The first kappa shape index (κ1) is 15.8. The van der Waals surface area contributed by atoms with Crippen molar-refractivity contribution in [3.05, 3.63) is 29.8 Å². The molecular formula is C17H23N3O3. The summed E-state index contributed by atoms with van der Waals surface area (Å²) < 4.78 is 0. The van der Waals surface area contributed by atoms with Gasteiger partial charge in [0.15, 0.2) is 0 Å². The molecule has 1 N–H and O–H groups in total. The predicted molar refractivity (Wildman–Crippen MR) is 86.2 cm³/mol. The first-order chi connectivity index (χ1) is 11.1. The van der Waals surface area contributed by atoms with Gasteiger partial charge in [-0.2, -0.15) is 0 Å². The second kappa shape index (κ2) is 6.58. The van der Waals surface area contributed by atoms with Crippen LogP contribution in [0.25, 0.3) is 0 Å². The summed E-state index contributed by atoms with van der Waals surface area (Å²) in [5, 5.41) is 9.31. The fourth-order valence-electron chi connectivity index (χ4n) is 3.37. The molecule has 2 saturated heterocycles. The molecule has 0 radical (unpaired) electrons. The topological polar surface area (TPSA) is 64.1 Å². The van der Waals surface area contributed by atoms with Crippen LogP contribution < -0.4 is 0 Å². The quantitative estimate of drug-likeness (QED) is 0.875. The van der Waals surface area contributed by atoms with E-state index in [9.17, 15) is 14.7 Å². The van der Waals surface area contributed by atoms with Gasteiger partial charge in [0.2, 0.25) is 5.91 Å². The van der Waals surface area contributed by atoms with Crippen LogP contribution in [0.15, 0.2) is 24.3 Å². The van der Waals surface area contributed by atoms with Crippen molar-refractivity contribution in [3.63, 3.8) is 0 Å². The number of phenols is 1. The van der Waals surface area contributed by atoms with Crippen molar-refractivity contribution in [1.29, 1.82) is 0 Å². The van der Waals surface area contributed by atoms with E-state index in [2.05, 4.69) is 4.90 Å². The second-order valence-electron chi connectivity index (χ2n) is 6.29. The van der Waals surface area contributed by atoms with Gasteiger partial charge in [-0.05, 0) is 37.1 Å². The molecule has 3 rings (SSSR count). The number of carbonyl (C=O) groups excluding carboxylic acids is 2. The summed E-state index contributed by atoms with van der Waals surface area (Å²) in [6, 6.07) is 6.31. The van der Waals surface area contributed by atoms with Gasteiger partial charge in [-0.25, -0.2) is 0 Å². The van der Waals surface area contributed by atoms with E-state index >= 15 is 0 Å². The summed E-state index contributed by atoms with van der Waals surface area (Å²) in [5.41, 5.74) is 0.588. The van der Waals surface area contributed by atoms with Crippen molar-refractivity contribution < 1.29 is 14.7 Å². The molecule has 23 heavy (non-hydrogen) atoms. The number of amides is 2. The van der Waals surface area contributed by atoms with Crippen LogP contribution in [-0.2, 0) is 4.79 Å². The van der Waals surface area contributed by atoms with Gasteiger partial charge in [0.25, 0.3) is 5.91 Å². The Morgan fingerprint density at radius 1 is 1.09 bits per heavy atom. The SMILES string of the molecule is CN1CCC[C@H](N2CCN(C(=O)c3ccc(O)cc3)CC2)C1=O. The molecule has 1 aromatic rings. The summed E-state index contributed by atoms with van der Waals surface area (Å²) in [7, 11) is 1.86. The number of benzene rings is 1. The van der Waals surface area contributed by atoms with Crippen molar-refractivity contribution in [2.45, 2.75) is 18.9 Å². The Balaban J connectivity index is 1.59. The van der Waals surface area contributed by atoms with Crippen LogP contribution in [0.5, 0.6) is 5.75 Å². The summed E-state index contributed by atoms with van der Waals surface area (Å²) in [6.45, 7) is 3.57. The van der Waals surface area contributed by atoms with Gasteiger partial charge in [0.05, 0.1) is 6.04 Å². The monoisotopic (exact) mass is 317 g/mol. The van der Waals surface area contributed by atoms with Crippen LogP contribution in [0.4, 0.5) is 0 Å². The van der Waals surface area contributed by atoms with E-state index in [1.165, 1.54) is 12.1 Å². The molecule has 2 fully saturated rings. The zero-order valence-corrected chi connectivity index (χ0v) is 13.4. The molecule has 2 aliphatic heterocycles. The molecule has 2 heterocycles. The first-order valence-electron chi connectivity index (χ1n) is 8.13. The molecule has 1 aromatic carbocycles. The van der Waals surface area contributed by atoms with Gasteiger partial charge in [-0.1, -0.05) is 0 Å². The van der Waals surface area contributed by atoms with Crippen molar-refractivity contribution >= 4 is 11.8 Å². The molecule has 0 aliphatic carbocycles. The lowest BCUT2D eigenvalue weighted by Crippen LogP contribution is -2.57. The Morgan fingerprint density at radius 3 is 2.39 bits per heavy atom. The van der Waals surface area contributed by atoms with Crippen LogP contribution in [-0.4, -0.2) is 77.4 Å². The fraction of sp³-hybridized carbons (Fsp3) is 0.529. The Bertz CT molecular complexity index is 579. The lowest BCUT2D eigenvalue weighted by atomic mass is 10.0. The van der Waals surface area contributed by atoms with Gasteiger partial charge < -0.3 is 14.9 Å². The highest BCUT2D eigenvalue weighted by Crippen LogP contribution is 2.19. The van der Waals surface area contributed by atoms with Crippen LogP contribution in [0, 0.1) is 0 Å². The Kier molecular flexibility index (Phi) is 4.52. The minimum absolute atomic E-state index is 0.0169. The molecule has 0 unspecified atom stereocenters. The maximum absolute atomic E-state index is 12.5. The fourth-order valence-corrected chi connectivity index (χ4v) is 3.37. The minimum atomic E-state index is -0.0281. The average molecular weight is 317 g/mol. The van der Waals surface area contributed by atoms with E-state index in [0.29, 0.717) is 18.7 Å². The van der Waals surface area contributed by atoms with Crippen LogP contribution >= 0.6 is 0 Å². The Morgan fingerprint density at radius 2 is 1.74 bits per heavy atom. The number of likely N-dealkylation sites (N-methyl/N-ethyl adjacent to an activating group) is 1. The third-order valence-electron chi connectivity index (χ3n) is 4.79. The molecule has 6 heteroatoms. The van der Waals surface area contributed by atoms with E-state index in [0.717, 1.165) is 32.5 Å². The first-order valence-corrected chi connectivity index (χ1v) is 8.13. The van der Waals surface area contributed by atoms with Gasteiger partial charge >= 0.3 is 0 Å². The number of likely N-dealkylation sites (tertiary alicyclic amines) is 1. The van der Waals surface area contributed by atoms with E-state index in [-0.39, 0.29) is 23.6 Å². The lowest BCUT2D eigenvalue weighted by molar-refractivity contribution is -0.139. The van der Waals surface area contributed by atoms with E-state index in [4.69, 9.17) is 0 Å². The maximum atomic E-state index is 12.5. The molecule has 2 amide bonds. The average Bonchev–Trinajstić information content (AvgIpc) is 2.58. The highest BCUT2D eigenvalue weighted by atomic mass is 16.3. The normalized spacial score (nSPS) is 23.2. The maximum Gasteiger partial charge on any atom is 0.253 e. The van der Waals surface area contributed by atoms with Gasteiger partial charge in [-0.15, -0.1) is 0 Å². The smallest absolute Gasteiger partial charge is 0.253 e. The number of nitrogens with zero attached hydrogens (tertiary/aromatic N) is 3. The zero-order valence-electron chi connectivity index (χ0n) is 13.4. The summed E-state index contributed by atoms with van der Waals surface area (Å²) in [4.78, 5) is 30.6. The van der Waals surface area contributed by atoms with Gasteiger partial charge in [0, 0.05) is 45.3 Å². The predicted octanol–water partition coefficient (Wildman–Crippen LogP) is 0.771. The number of rotatable bonds is 2. The number of aromatic hydroxyl groups is 1. The van der Waals surface area contributed by atoms with Crippen LogP contribution in [0.2, 0.25) is 0 Å². The van der Waals surface area contributed by atoms with E-state index in [1.54, 1.807) is 12.1 Å². The van der Waals surface area contributed by atoms with Crippen molar-refractivity contribution in [1.82, 2.24) is 14.7 Å². The van der Waals surface area contributed by atoms with Crippen molar-refractivity contribution in [2.24, 2.45) is 0 Å². The molecule has 0 bridgehead atoms. The van der Waals surface area contributed by atoms with Crippen LogP contribution in [0.3, 0.4) is 0 Å². The zero-order chi connectivity index (χ0) is 16.4. The van der Waals surface area contributed by atoms with Crippen molar-refractivity contribution in [2.75, 3.05) is 39.8 Å². The van der Waals surface area contributed by atoms with Crippen molar-refractivity contribution in [3.8, 4) is 5.75 Å².